The Morgan fingerprint density at radius 2 is 1.96 bits per heavy atom. The van der Waals surface area contributed by atoms with Crippen molar-refractivity contribution < 1.29 is 14.7 Å². The van der Waals surface area contributed by atoms with E-state index in [0.29, 0.717) is 25.6 Å². The van der Waals surface area contributed by atoms with Crippen LogP contribution in [0.15, 0.2) is 12.7 Å². The first-order chi connectivity index (χ1) is 11.1. The fourth-order valence-corrected chi connectivity index (χ4v) is 2.92. The second-order valence-corrected chi connectivity index (χ2v) is 6.01. The Morgan fingerprint density at radius 3 is 2.52 bits per heavy atom. The van der Waals surface area contributed by atoms with Crippen molar-refractivity contribution >= 4 is 12.0 Å². The average molecular weight is 323 g/mol. The zero-order valence-corrected chi connectivity index (χ0v) is 13.5. The number of nitrogens with one attached hydrogen (secondary N) is 1. The number of piperidine rings is 1. The number of carbonyl (C=O) groups is 2. The predicted octanol–water partition coefficient (Wildman–Crippen LogP) is 1.66. The van der Waals surface area contributed by atoms with Crippen LogP contribution >= 0.6 is 0 Å². The van der Waals surface area contributed by atoms with E-state index in [1.54, 1.807) is 17.6 Å². The molecule has 2 rings (SSSR count). The molecule has 0 spiro atoms. The molecule has 0 bridgehead atoms. The van der Waals surface area contributed by atoms with Gasteiger partial charge in [0.05, 0.1) is 6.42 Å². The van der Waals surface area contributed by atoms with Gasteiger partial charge in [-0.05, 0) is 19.3 Å². The van der Waals surface area contributed by atoms with Crippen LogP contribution < -0.4 is 5.32 Å². The smallest absolute Gasteiger partial charge is 0.317 e. The van der Waals surface area contributed by atoms with Gasteiger partial charge in [0.15, 0.2) is 0 Å². The summed E-state index contributed by atoms with van der Waals surface area (Å²) in [4.78, 5) is 25.0. The maximum absolute atomic E-state index is 12.3. The quantitative estimate of drug-likeness (QED) is 0.795. The third kappa shape index (κ3) is 5.22. The normalized spacial score (nSPS) is 17.0. The van der Waals surface area contributed by atoms with Gasteiger partial charge in [-0.25, -0.2) is 4.79 Å². The van der Waals surface area contributed by atoms with Crippen LogP contribution in [0.2, 0.25) is 0 Å². The number of nitrogens with zero attached hydrogens (tertiary/aromatic N) is 4. The average Bonchev–Trinajstić information content (AvgIpc) is 3.06. The van der Waals surface area contributed by atoms with E-state index in [1.807, 2.05) is 4.57 Å². The minimum atomic E-state index is -0.877. The molecule has 1 saturated heterocycles. The van der Waals surface area contributed by atoms with E-state index >= 15 is 0 Å². The Hall–Kier alpha value is -2.12. The Morgan fingerprint density at radius 1 is 1.30 bits per heavy atom. The number of hydrogen-bond acceptors (Lipinski definition) is 4. The van der Waals surface area contributed by atoms with Gasteiger partial charge in [-0.15, -0.1) is 10.2 Å². The number of carboxylic acids is 1. The topological polar surface area (TPSA) is 100 Å². The maximum Gasteiger partial charge on any atom is 0.317 e. The van der Waals surface area contributed by atoms with E-state index in [0.717, 1.165) is 25.7 Å². The number of unbranched alkanes of at least 4 members (excludes halogenated alkanes) is 1. The Labute approximate surface area is 135 Å². The summed E-state index contributed by atoms with van der Waals surface area (Å²) in [6.45, 7) is 3.36. The van der Waals surface area contributed by atoms with E-state index in [9.17, 15) is 9.59 Å². The second-order valence-electron chi connectivity index (χ2n) is 6.01. The van der Waals surface area contributed by atoms with E-state index < -0.39 is 5.97 Å². The van der Waals surface area contributed by atoms with Crippen molar-refractivity contribution in [2.24, 2.45) is 0 Å². The van der Waals surface area contributed by atoms with Crippen molar-refractivity contribution in [3.63, 3.8) is 0 Å². The Balaban J connectivity index is 1.81. The molecule has 2 N–H and O–H groups in total. The van der Waals surface area contributed by atoms with Gasteiger partial charge >= 0.3 is 12.0 Å². The fourth-order valence-electron chi connectivity index (χ4n) is 2.92. The summed E-state index contributed by atoms with van der Waals surface area (Å²) >= 11 is 0. The van der Waals surface area contributed by atoms with E-state index in [4.69, 9.17) is 5.11 Å². The van der Waals surface area contributed by atoms with Gasteiger partial charge in [0.2, 0.25) is 0 Å². The first-order valence-corrected chi connectivity index (χ1v) is 8.21. The van der Waals surface area contributed by atoms with Crippen molar-refractivity contribution in [1.29, 1.82) is 0 Å². The maximum atomic E-state index is 12.3. The van der Waals surface area contributed by atoms with Crippen molar-refractivity contribution in [3.8, 4) is 0 Å². The molecule has 2 heterocycles. The van der Waals surface area contributed by atoms with Crippen molar-refractivity contribution in [3.05, 3.63) is 12.7 Å². The lowest BCUT2D eigenvalue weighted by atomic mass is 10.0. The van der Waals surface area contributed by atoms with Crippen LogP contribution in [0.5, 0.6) is 0 Å². The summed E-state index contributed by atoms with van der Waals surface area (Å²) in [6, 6.07) is -0.131. The summed E-state index contributed by atoms with van der Waals surface area (Å²) in [5, 5.41) is 19.5. The standard InChI is InChI=1S/C15H25N5O3/c1-2-3-4-12(9-14(21)22)18-15(23)19-7-5-13(6-8-19)20-10-16-17-11-20/h10-13H,2-9H2,1H3,(H,18,23)(H,21,22). The number of carboxylic acid groups (broad SMARTS) is 1. The summed E-state index contributed by atoms with van der Waals surface area (Å²) in [5.41, 5.74) is 0. The SMILES string of the molecule is CCCCC(CC(=O)O)NC(=O)N1CCC(n2cnnc2)CC1. The zero-order valence-electron chi connectivity index (χ0n) is 13.5. The molecule has 1 fully saturated rings. The summed E-state index contributed by atoms with van der Waals surface area (Å²) in [5.74, 6) is -0.877. The van der Waals surface area contributed by atoms with Crippen LogP contribution in [0.25, 0.3) is 0 Å². The molecule has 1 aliphatic heterocycles. The molecule has 1 atom stereocenters. The predicted molar refractivity (Wildman–Crippen MR) is 84.0 cm³/mol. The van der Waals surface area contributed by atoms with Crippen molar-refractivity contribution in [1.82, 2.24) is 25.0 Å². The van der Waals surface area contributed by atoms with E-state index in [2.05, 4.69) is 22.4 Å². The first kappa shape index (κ1) is 17.2. The molecule has 2 amide bonds. The highest BCUT2D eigenvalue weighted by Gasteiger charge is 2.25. The van der Waals surface area contributed by atoms with Crippen LogP contribution in [0, 0.1) is 0 Å². The van der Waals surface area contributed by atoms with Gasteiger partial charge < -0.3 is 19.9 Å². The van der Waals surface area contributed by atoms with E-state index in [1.165, 1.54) is 0 Å². The Bertz CT molecular complexity index is 497. The van der Waals surface area contributed by atoms with Gasteiger partial charge in [-0.3, -0.25) is 4.79 Å². The van der Waals surface area contributed by atoms with Crippen LogP contribution in [-0.2, 0) is 4.79 Å². The monoisotopic (exact) mass is 323 g/mol. The van der Waals surface area contributed by atoms with E-state index in [-0.39, 0.29) is 18.5 Å². The molecule has 128 valence electrons. The molecule has 0 aliphatic carbocycles. The van der Waals surface area contributed by atoms with Gasteiger partial charge in [0.1, 0.15) is 12.7 Å². The molecule has 0 aromatic carbocycles. The third-order valence-electron chi connectivity index (χ3n) is 4.26. The fraction of sp³-hybridized carbons (Fsp3) is 0.733. The number of aliphatic carboxylic acids is 1. The number of rotatable bonds is 7. The number of amides is 2. The number of carbonyl (C=O) groups excluding carboxylic acids is 1. The van der Waals surface area contributed by atoms with Crippen LogP contribution in [-0.4, -0.2) is 55.9 Å². The molecule has 1 unspecified atom stereocenters. The van der Waals surface area contributed by atoms with Crippen LogP contribution in [0.3, 0.4) is 0 Å². The molecule has 8 nitrogen and oxygen atoms in total. The molecule has 8 heteroatoms. The molecular formula is C15H25N5O3. The van der Waals surface area contributed by atoms with Crippen LogP contribution in [0.4, 0.5) is 4.79 Å². The molecular weight excluding hydrogens is 298 g/mol. The lowest BCUT2D eigenvalue weighted by Crippen LogP contribution is -2.48. The summed E-state index contributed by atoms with van der Waals surface area (Å²) < 4.78 is 1.98. The second kappa shape index (κ2) is 8.50. The largest absolute Gasteiger partial charge is 0.481 e. The number of hydrogen-bond donors (Lipinski definition) is 2. The summed E-state index contributed by atoms with van der Waals surface area (Å²) in [7, 11) is 0. The highest BCUT2D eigenvalue weighted by atomic mass is 16.4. The van der Waals surface area contributed by atoms with Gasteiger partial charge in [0.25, 0.3) is 0 Å². The Kier molecular flexibility index (Phi) is 6.37. The molecule has 23 heavy (non-hydrogen) atoms. The number of urea groups is 1. The molecule has 1 aliphatic rings. The highest BCUT2D eigenvalue weighted by Crippen LogP contribution is 2.21. The van der Waals surface area contributed by atoms with Gasteiger partial charge in [0, 0.05) is 25.2 Å². The molecule has 0 saturated carbocycles. The molecule has 0 radical (unpaired) electrons. The lowest BCUT2D eigenvalue weighted by Gasteiger charge is -2.33. The van der Waals surface area contributed by atoms with Crippen molar-refractivity contribution in [2.45, 2.75) is 57.5 Å². The lowest BCUT2D eigenvalue weighted by molar-refractivity contribution is -0.137. The molecule has 1 aromatic rings. The van der Waals surface area contributed by atoms with Crippen molar-refractivity contribution in [2.75, 3.05) is 13.1 Å². The number of aromatic nitrogens is 3. The summed E-state index contributed by atoms with van der Waals surface area (Å²) in [6.07, 6.45) is 7.68. The minimum absolute atomic E-state index is 0.0249. The first-order valence-electron chi connectivity index (χ1n) is 8.21. The highest BCUT2D eigenvalue weighted by molar-refractivity contribution is 5.76. The zero-order chi connectivity index (χ0) is 16.7. The van der Waals surface area contributed by atoms with Gasteiger partial charge in [-0.2, -0.15) is 0 Å². The molecule has 1 aromatic heterocycles. The number of likely N-dealkylation sites (tertiary alicyclic amines) is 1. The minimum Gasteiger partial charge on any atom is -0.481 e. The van der Waals surface area contributed by atoms with Gasteiger partial charge in [-0.1, -0.05) is 19.8 Å². The third-order valence-corrected chi connectivity index (χ3v) is 4.26. The van der Waals surface area contributed by atoms with Crippen LogP contribution in [0.1, 0.15) is 51.5 Å².